The van der Waals surface area contributed by atoms with Crippen LogP contribution in [0.25, 0.3) is 0 Å². The van der Waals surface area contributed by atoms with Crippen LogP contribution in [0.5, 0.6) is 0 Å². The first-order chi connectivity index (χ1) is 6.55. The molecule has 0 amide bonds. The van der Waals surface area contributed by atoms with Crippen LogP contribution < -0.4 is 5.32 Å². The van der Waals surface area contributed by atoms with E-state index in [4.69, 9.17) is 5.11 Å². The van der Waals surface area contributed by atoms with Crippen LogP contribution in [0.15, 0.2) is 12.3 Å². The summed E-state index contributed by atoms with van der Waals surface area (Å²) < 4.78 is 25.2. The summed E-state index contributed by atoms with van der Waals surface area (Å²) in [7, 11) is 0. The van der Waals surface area contributed by atoms with E-state index in [0.29, 0.717) is 0 Å². The first kappa shape index (κ1) is 11.1. The monoisotopic (exact) mass is 205 g/mol. The largest absolute Gasteiger partial charge is 0.390 e. The molecule has 14 heavy (non-hydrogen) atoms. The molecule has 4 nitrogen and oxygen atoms in total. The number of H-pyrrole nitrogens is 1. The highest BCUT2D eigenvalue weighted by Crippen LogP contribution is 2.13. The van der Waals surface area contributed by atoms with Crippen molar-refractivity contribution in [2.45, 2.75) is 18.9 Å². The van der Waals surface area contributed by atoms with Crippen LogP contribution in [0.3, 0.4) is 0 Å². The molecule has 1 aromatic heterocycles. The van der Waals surface area contributed by atoms with Crippen molar-refractivity contribution >= 4 is 0 Å². The maximum absolute atomic E-state index is 12.6. The average molecular weight is 205 g/mol. The average Bonchev–Trinajstić information content (AvgIpc) is 2.67. The van der Waals surface area contributed by atoms with Crippen molar-refractivity contribution in [2.24, 2.45) is 0 Å². The van der Waals surface area contributed by atoms with Crippen LogP contribution in [-0.2, 0) is 0 Å². The number of aromatic nitrogens is 2. The van der Waals surface area contributed by atoms with Gasteiger partial charge in [0, 0.05) is 12.2 Å². The van der Waals surface area contributed by atoms with Crippen molar-refractivity contribution in [1.29, 1.82) is 0 Å². The number of nitrogens with one attached hydrogen (secondary N) is 2. The molecule has 6 heteroatoms. The molecule has 0 aliphatic heterocycles. The lowest BCUT2D eigenvalue weighted by atomic mass is 10.2. The highest BCUT2D eigenvalue weighted by Gasteiger charge is 2.27. The van der Waals surface area contributed by atoms with E-state index >= 15 is 0 Å². The molecule has 0 aliphatic carbocycles. The third-order valence-electron chi connectivity index (χ3n) is 1.89. The quantitative estimate of drug-likeness (QED) is 0.662. The molecule has 3 N–H and O–H groups in total. The molecule has 0 radical (unpaired) electrons. The lowest BCUT2D eigenvalue weighted by Crippen LogP contribution is -2.37. The van der Waals surface area contributed by atoms with Gasteiger partial charge in [-0.05, 0) is 13.0 Å². The second-order valence-electron chi connectivity index (χ2n) is 3.13. The van der Waals surface area contributed by atoms with Gasteiger partial charge in [-0.1, -0.05) is 0 Å². The fraction of sp³-hybridized carbons (Fsp3) is 0.625. The molecule has 0 saturated carbocycles. The molecule has 0 spiro atoms. The maximum atomic E-state index is 12.6. The second-order valence-corrected chi connectivity index (χ2v) is 3.13. The van der Waals surface area contributed by atoms with Gasteiger partial charge >= 0.3 is 0 Å². The summed E-state index contributed by atoms with van der Waals surface area (Å²) in [5, 5.41) is 17.3. The van der Waals surface area contributed by atoms with Crippen molar-refractivity contribution in [1.82, 2.24) is 15.5 Å². The van der Waals surface area contributed by atoms with E-state index in [2.05, 4.69) is 15.5 Å². The Hall–Kier alpha value is -1.01. The molecule has 1 rings (SSSR count). The molecule has 0 aliphatic rings. The minimum Gasteiger partial charge on any atom is -0.390 e. The molecule has 1 aromatic rings. The Labute approximate surface area is 80.3 Å². The van der Waals surface area contributed by atoms with Crippen molar-refractivity contribution in [3.05, 3.63) is 18.0 Å². The van der Waals surface area contributed by atoms with E-state index in [-0.39, 0.29) is 6.04 Å². The van der Waals surface area contributed by atoms with Crippen LogP contribution in [0.1, 0.15) is 18.7 Å². The summed E-state index contributed by atoms with van der Waals surface area (Å²) in [6, 6.07) is 1.46. The summed E-state index contributed by atoms with van der Waals surface area (Å²) in [5.74, 6) is -3.08. The second kappa shape index (κ2) is 4.47. The third-order valence-corrected chi connectivity index (χ3v) is 1.89. The SMILES string of the molecule is CC(NCC(F)(F)CO)c1ccn[nH]1. The molecule has 0 saturated heterocycles. The lowest BCUT2D eigenvalue weighted by Gasteiger charge is -2.17. The highest BCUT2D eigenvalue weighted by atomic mass is 19.3. The number of aromatic amines is 1. The van der Waals surface area contributed by atoms with Crippen LogP contribution in [0.4, 0.5) is 8.78 Å². The Balaban J connectivity index is 2.39. The number of halogens is 2. The standard InChI is InChI=1S/C8H13F2N3O/c1-6(7-2-3-12-13-7)11-4-8(9,10)5-14/h2-3,6,11,14H,4-5H2,1H3,(H,12,13). The van der Waals surface area contributed by atoms with E-state index in [0.717, 1.165) is 5.69 Å². The number of alkyl halides is 2. The Morgan fingerprint density at radius 2 is 2.43 bits per heavy atom. The van der Waals surface area contributed by atoms with Crippen molar-refractivity contribution in [3.63, 3.8) is 0 Å². The summed E-state index contributed by atoms with van der Waals surface area (Å²) in [6.07, 6.45) is 1.55. The molecule has 0 aromatic carbocycles. The zero-order valence-electron chi connectivity index (χ0n) is 7.80. The van der Waals surface area contributed by atoms with Gasteiger partial charge in [0.05, 0.1) is 12.2 Å². The zero-order valence-corrected chi connectivity index (χ0v) is 7.80. The Kier molecular flexibility index (Phi) is 3.54. The van der Waals surface area contributed by atoms with Crippen LogP contribution in [0.2, 0.25) is 0 Å². The molecule has 80 valence electrons. The molecule has 0 bridgehead atoms. The molecular formula is C8H13F2N3O. The van der Waals surface area contributed by atoms with Crippen LogP contribution in [0, 0.1) is 0 Å². The predicted octanol–water partition coefficient (Wildman–Crippen LogP) is 0.688. The van der Waals surface area contributed by atoms with Crippen LogP contribution in [-0.4, -0.2) is 34.4 Å². The van der Waals surface area contributed by atoms with Crippen molar-refractivity contribution in [3.8, 4) is 0 Å². The Morgan fingerprint density at radius 1 is 1.71 bits per heavy atom. The van der Waals surface area contributed by atoms with Gasteiger partial charge in [0.2, 0.25) is 0 Å². The van der Waals surface area contributed by atoms with Gasteiger partial charge in [-0.25, -0.2) is 8.78 Å². The number of hydrogen-bond donors (Lipinski definition) is 3. The van der Waals surface area contributed by atoms with Crippen molar-refractivity contribution < 1.29 is 13.9 Å². The van der Waals surface area contributed by atoms with Gasteiger partial charge < -0.3 is 10.4 Å². The predicted molar refractivity (Wildman–Crippen MR) is 47.0 cm³/mol. The fourth-order valence-electron chi connectivity index (χ4n) is 0.976. The number of nitrogens with zero attached hydrogens (tertiary/aromatic N) is 1. The van der Waals surface area contributed by atoms with Gasteiger partial charge in [-0.2, -0.15) is 5.10 Å². The zero-order chi connectivity index (χ0) is 10.6. The summed E-state index contributed by atoms with van der Waals surface area (Å²) >= 11 is 0. The first-order valence-corrected chi connectivity index (χ1v) is 4.26. The fourth-order valence-corrected chi connectivity index (χ4v) is 0.976. The summed E-state index contributed by atoms with van der Waals surface area (Å²) in [4.78, 5) is 0. The molecule has 1 atom stereocenters. The normalized spacial score (nSPS) is 14.3. The van der Waals surface area contributed by atoms with Gasteiger partial charge in [0.15, 0.2) is 0 Å². The summed E-state index contributed by atoms with van der Waals surface area (Å²) in [6.45, 7) is 0.0420. The summed E-state index contributed by atoms with van der Waals surface area (Å²) in [5.41, 5.74) is 0.735. The number of aliphatic hydroxyl groups excluding tert-OH is 1. The van der Waals surface area contributed by atoms with Crippen molar-refractivity contribution in [2.75, 3.05) is 13.2 Å². The van der Waals surface area contributed by atoms with Gasteiger partial charge in [0.1, 0.15) is 6.61 Å². The van der Waals surface area contributed by atoms with E-state index in [1.807, 2.05) is 0 Å². The topological polar surface area (TPSA) is 60.9 Å². The van der Waals surface area contributed by atoms with E-state index in [1.165, 1.54) is 0 Å². The first-order valence-electron chi connectivity index (χ1n) is 4.26. The number of rotatable bonds is 5. The van der Waals surface area contributed by atoms with Gasteiger partial charge in [-0.15, -0.1) is 0 Å². The Morgan fingerprint density at radius 3 is 2.93 bits per heavy atom. The third kappa shape index (κ3) is 3.04. The van der Waals surface area contributed by atoms with E-state index in [1.54, 1.807) is 19.2 Å². The maximum Gasteiger partial charge on any atom is 0.282 e. The van der Waals surface area contributed by atoms with E-state index < -0.39 is 19.1 Å². The highest BCUT2D eigenvalue weighted by molar-refractivity contribution is 5.03. The molecule has 1 unspecified atom stereocenters. The number of aliphatic hydroxyl groups is 1. The molecule has 1 heterocycles. The molecular weight excluding hydrogens is 192 g/mol. The Bertz CT molecular complexity index is 264. The van der Waals surface area contributed by atoms with Crippen LogP contribution >= 0.6 is 0 Å². The minimum absolute atomic E-state index is 0.241. The smallest absolute Gasteiger partial charge is 0.282 e. The number of hydrogen-bond acceptors (Lipinski definition) is 3. The van der Waals surface area contributed by atoms with E-state index in [9.17, 15) is 8.78 Å². The molecule has 0 fully saturated rings. The van der Waals surface area contributed by atoms with Gasteiger partial charge in [-0.3, -0.25) is 5.10 Å². The minimum atomic E-state index is -3.08. The van der Waals surface area contributed by atoms with Gasteiger partial charge in [0.25, 0.3) is 5.92 Å². The lowest BCUT2D eigenvalue weighted by molar-refractivity contribution is -0.0491.